The first-order chi connectivity index (χ1) is 12.0. The molecule has 126 valence electrons. The molecule has 6 heteroatoms. The topological polar surface area (TPSA) is 66.9 Å². The van der Waals surface area contributed by atoms with Crippen LogP contribution in [0, 0.1) is 13.8 Å². The Kier molecular flexibility index (Phi) is 5.09. The minimum Gasteiger partial charge on any atom is -0.324 e. The maximum absolute atomic E-state index is 12.5. The second-order valence-electron chi connectivity index (χ2n) is 5.67. The minimum absolute atomic E-state index is 0.282. The van der Waals surface area contributed by atoms with Gasteiger partial charge < -0.3 is 10.6 Å². The van der Waals surface area contributed by atoms with Crippen LogP contribution in [0.5, 0.6) is 0 Å². The number of hydrogen-bond donors (Lipinski definition) is 2. The zero-order chi connectivity index (χ0) is 17.8. The molecule has 2 N–H and O–H groups in total. The number of carbonyl (C=O) groups excluding carboxylic acids is 1. The van der Waals surface area contributed by atoms with Crippen molar-refractivity contribution < 1.29 is 4.79 Å². The van der Waals surface area contributed by atoms with Crippen molar-refractivity contribution in [2.45, 2.75) is 13.8 Å². The SMILES string of the molecule is Cc1ccc(Nc2nc(C)cc(C(=O)Nc3cccc(Br)c3)n2)cc1. The molecule has 0 bridgehead atoms. The number of anilines is 3. The average molecular weight is 397 g/mol. The highest BCUT2D eigenvalue weighted by Gasteiger charge is 2.11. The molecule has 3 aromatic rings. The number of carbonyl (C=O) groups is 1. The van der Waals surface area contributed by atoms with E-state index >= 15 is 0 Å². The van der Waals surface area contributed by atoms with Gasteiger partial charge in [0.2, 0.25) is 5.95 Å². The fourth-order valence-electron chi connectivity index (χ4n) is 2.27. The third-order valence-corrected chi connectivity index (χ3v) is 3.97. The molecule has 0 spiro atoms. The van der Waals surface area contributed by atoms with E-state index in [-0.39, 0.29) is 5.91 Å². The normalized spacial score (nSPS) is 10.4. The van der Waals surface area contributed by atoms with Gasteiger partial charge in [0, 0.05) is 21.5 Å². The summed E-state index contributed by atoms with van der Waals surface area (Å²) in [5.74, 6) is 0.110. The van der Waals surface area contributed by atoms with Crippen LogP contribution in [0.4, 0.5) is 17.3 Å². The Hall–Kier alpha value is -2.73. The number of rotatable bonds is 4. The first-order valence-electron chi connectivity index (χ1n) is 7.76. The Balaban J connectivity index is 1.80. The Labute approximate surface area is 154 Å². The van der Waals surface area contributed by atoms with Crippen molar-refractivity contribution in [3.05, 3.63) is 76.0 Å². The highest BCUT2D eigenvalue weighted by molar-refractivity contribution is 9.10. The molecule has 0 aliphatic rings. The number of nitrogens with one attached hydrogen (secondary N) is 2. The van der Waals surface area contributed by atoms with Crippen LogP contribution in [0.25, 0.3) is 0 Å². The van der Waals surface area contributed by atoms with Crippen LogP contribution >= 0.6 is 15.9 Å². The summed E-state index contributed by atoms with van der Waals surface area (Å²) < 4.78 is 0.894. The summed E-state index contributed by atoms with van der Waals surface area (Å²) in [4.78, 5) is 21.2. The second-order valence-corrected chi connectivity index (χ2v) is 6.59. The molecule has 0 aliphatic carbocycles. The van der Waals surface area contributed by atoms with Gasteiger partial charge >= 0.3 is 0 Å². The highest BCUT2D eigenvalue weighted by Crippen LogP contribution is 2.18. The van der Waals surface area contributed by atoms with Crippen molar-refractivity contribution in [2.24, 2.45) is 0 Å². The lowest BCUT2D eigenvalue weighted by Crippen LogP contribution is -2.15. The summed E-state index contributed by atoms with van der Waals surface area (Å²) in [5.41, 5.74) is 3.76. The lowest BCUT2D eigenvalue weighted by Gasteiger charge is -2.09. The summed E-state index contributed by atoms with van der Waals surface area (Å²) in [7, 11) is 0. The first kappa shape index (κ1) is 17.1. The van der Waals surface area contributed by atoms with Crippen LogP contribution < -0.4 is 10.6 Å². The van der Waals surface area contributed by atoms with E-state index in [0.717, 1.165) is 10.2 Å². The Morgan fingerprint density at radius 1 is 0.960 bits per heavy atom. The monoisotopic (exact) mass is 396 g/mol. The number of benzene rings is 2. The van der Waals surface area contributed by atoms with Crippen LogP contribution in [0.3, 0.4) is 0 Å². The molecule has 0 fully saturated rings. The molecule has 0 unspecified atom stereocenters. The Bertz CT molecular complexity index is 910. The molecule has 25 heavy (non-hydrogen) atoms. The number of aryl methyl sites for hydroxylation is 2. The maximum Gasteiger partial charge on any atom is 0.274 e. The quantitative estimate of drug-likeness (QED) is 0.661. The van der Waals surface area contributed by atoms with Crippen LogP contribution in [-0.2, 0) is 0 Å². The molecule has 1 heterocycles. The van der Waals surface area contributed by atoms with Gasteiger partial charge in [-0.15, -0.1) is 0 Å². The van der Waals surface area contributed by atoms with Crippen LogP contribution in [-0.4, -0.2) is 15.9 Å². The molecular formula is C19H17BrN4O. The molecule has 1 amide bonds. The summed E-state index contributed by atoms with van der Waals surface area (Å²) in [6.45, 7) is 3.86. The van der Waals surface area contributed by atoms with E-state index in [0.29, 0.717) is 23.0 Å². The highest BCUT2D eigenvalue weighted by atomic mass is 79.9. The summed E-state index contributed by atoms with van der Waals surface area (Å²) >= 11 is 3.39. The zero-order valence-corrected chi connectivity index (χ0v) is 15.5. The van der Waals surface area contributed by atoms with Crippen molar-refractivity contribution in [2.75, 3.05) is 10.6 Å². The fourth-order valence-corrected chi connectivity index (χ4v) is 2.67. The molecule has 1 aromatic heterocycles. The van der Waals surface area contributed by atoms with Gasteiger partial charge in [-0.2, -0.15) is 0 Å². The molecular weight excluding hydrogens is 380 g/mol. The molecule has 0 radical (unpaired) electrons. The lowest BCUT2D eigenvalue weighted by molar-refractivity contribution is 0.102. The van der Waals surface area contributed by atoms with Gasteiger partial charge in [0.15, 0.2) is 0 Å². The van der Waals surface area contributed by atoms with Gasteiger partial charge in [-0.3, -0.25) is 4.79 Å². The standard InChI is InChI=1S/C19H17BrN4O/c1-12-6-8-15(9-7-12)23-19-21-13(2)10-17(24-19)18(25)22-16-5-3-4-14(20)11-16/h3-11H,1-2H3,(H,22,25)(H,21,23,24). The van der Waals surface area contributed by atoms with E-state index in [1.807, 2.05) is 62.4 Å². The summed E-state index contributed by atoms with van der Waals surface area (Å²) in [6, 6.07) is 17.0. The molecule has 0 saturated carbocycles. The van der Waals surface area contributed by atoms with E-state index in [4.69, 9.17) is 0 Å². The molecule has 3 rings (SSSR count). The van der Waals surface area contributed by atoms with Crippen LogP contribution in [0.15, 0.2) is 59.1 Å². The van der Waals surface area contributed by atoms with Crippen molar-refractivity contribution in [1.29, 1.82) is 0 Å². The largest absolute Gasteiger partial charge is 0.324 e. The van der Waals surface area contributed by atoms with Gasteiger partial charge in [0.25, 0.3) is 5.91 Å². The number of aromatic nitrogens is 2. The molecule has 0 saturated heterocycles. The van der Waals surface area contributed by atoms with E-state index in [2.05, 4.69) is 36.5 Å². The summed E-state index contributed by atoms with van der Waals surface area (Å²) in [5, 5.41) is 5.97. The third kappa shape index (κ3) is 4.64. The second kappa shape index (κ2) is 7.44. The lowest BCUT2D eigenvalue weighted by atomic mass is 10.2. The Morgan fingerprint density at radius 2 is 1.72 bits per heavy atom. The Morgan fingerprint density at radius 3 is 2.44 bits per heavy atom. The van der Waals surface area contributed by atoms with E-state index in [9.17, 15) is 4.79 Å². The van der Waals surface area contributed by atoms with Gasteiger partial charge in [-0.25, -0.2) is 9.97 Å². The third-order valence-electron chi connectivity index (χ3n) is 3.48. The van der Waals surface area contributed by atoms with Crippen molar-refractivity contribution in [3.8, 4) is 0 Å². The molecule has 2 aromatic carbocycles. The molecule has 0 atom stereocenters. The number of nitrogens with zero attached hydrogens (tertiary/aromatic N) is 2. The van der Waals surface area contributed by atoms with Gasteiger partial charge in [-0.05, 0) is 50.2 Å². The van der Waals surface area contributed by atoms with Gasteiger partial charge in [0.05, 0.1) is 0 Å². The predicted molar refractivity (Wildman–Crippen MR) is 103 cm³/mol. The molecule has 5 nitrogen and oxygen atoms in total. The van der Waals surface area contributed by atoms with Crippen molar-refractivity contribution in [3.63, 3.8) is 0 Å². The van der Waals surface area contributed by atoms with E-state index in [1.54, 1.807) is 6.07 Å². The van der Waals surface area contributed by atoms with Crippen molar-refractivity contribution >= 4 is 39.2 Å². The minimum atomic E-state index is -0.282. The fraction of sp³-hybridized carbons (Fsp3) is 0.105. The predicted octanol–water partition coefficient (Wildman–Crippen LogP) is 4.85. The van der Waals surface area contributed by atoms with E-state index in [1.165, 1.54) is 5.56 Å². The average Bonchev–Trinajstić information content (AvgIpc) is 2.56. The van der Waals surface area contributed by atoms with Crippen LogP contribution in [0.1, 0.15) is 21.7 Å². The van der Waals surface area contributed by atoms with Crippen molar-refractivity contribution in [1.82, 2.24) is 9.97 Å². The number of amides is 1. The summed E-state index contributed by atoms with van der Waals surface area (Å²) in [6.07, 6.45) is 0. The maximum atomic E-state index is 12.5. The first-order valence-corrected chi connectivity index (χ1v) is 8.55. The van der Waals surface area contributed by atoms with Gasteiger partial charge in [-0.1, -0.05) is 39.7 Å². The van der Waals surface area contributed by atoms with Gasteiger partial charge in [0.1, 0.15) is 5.69 Å². The molecule has 0 aliphatic heterocycles. The van der Waals surface area contributed by atoms with Crippen LogP contribution in [0.2, 0.25) is 0 Å². The zero-order valence-electron chi connectivity index (χ0n) is 13.9. The number of hydrogen-bond acceptors (Lipinski definition) is 4. The van der Waals surface area contributed by atoms with E-state index < -0.39 is 0 Å². The number of halogens is 1. The smallest absolute Gasteiger partial charge is 0.274 e.